The van der Waals surface area contributed by atoms with E-state index in [0.717, 1.165) is 11.3 Å². The molecule has 0 aliphatic rings. The SMILES string of the molecule is Cc1cnc(SCc2ccc(C=O)o2)nc1. The van der Waals surface area contributed by atoms with Gasteiger partial charge < -0.3 is 4.42 Å². The summed E-state index contributed by atoms with van der Waals surface area (Å²) in [5, 5.41) is 0.703. The van der Waals surface area contributed by atoms with Crippen LogP contribution in [0.3, 0.4) is 0 Å². The second-order valence-electron chi connectivity index (χ2n) is 3.25. The van der Waals surface area contributed by atoms with Crippen LogP contribution in [0.25, 0.3) is 0 Å². The molecule has 0 saturated heterocycles. The predicted molar refractivity (Wildman–Crippen MR) is 60.4 cm³/mol. The zero-order chi connectivity index (χ0) is 11.4. The van der Waals surface area contributed by atoms with Gasteiger partial charge in [-0.05, 0) is 24.6 Å². The molecule has 2 heterocycles. The zero-order valence-corrected chi connectivity index (χ0v) is 9.53. The summed E-state index contributed by atoms with van der Waals surface area (Å²) in [4.78, 5) is 18.7. The van der Waals surface area contributed by atoms with Crippen LogP contribution in [0.2, 0.25) is 0 Å². The van der Waals surface area contributed by atoms with E-state index in [2.05, 4.69) is 9.97 Å². The molecule has 0 fully saturated rings. The summed E-state index contributed by atoms with van der Waals surface area (Å²) in [5.74, 6) is 1.72. The molecule has 0 aromatic carbocycles. The van der Waals surface area contributed by atoms with Gasteiger partial charge in [-0.2, -0.15) is 0 Å². The number of hydrogen-bond acceptors (Lipinski definition) is 5. The summed E-state index contributed by atoms with van der Waals surface area (Å²) < 4.78 is 5.23. The van der Waals surface area contributed by atoms with E-state index in [4.69, 9.17) is 4.42 Å². The van der Waals surface area contributed by atoms with E-state index in [1.165, 1.54) is 11.8 Å². The number of aldehydes is 1. The van der Waals surface area contributed by atoms with E-state index in [0.29, 0.717) is 23.0 Å². The monoisotopic (exact) mass is 234 g/mol. The molecule has 16 heavy (non-hydrogen) atoms. The Balaban J connectivity index is 1.96. The van der Waals surface area contributed by atoms with Gasteiger partial charge in [-0.25, -0.2) is 9.97 Å². The van der Waals surface area contributed by atoms with Gasteiger partial charge in [0.15, 0.2) is 17.2 Å². The number of aromatic nitrogens is 2. The molecule has 0 amide bonds. The number of furan rings is 1. The fraction of sp³-hybridized carbons (Fsp3) is 0.182. The highest BCUT2D eigenvalue weighted by Crippen LogP contribution is 2.19. The largest absolute Gasteiger partial charge is 0.457 e. The van der Waals surface area contributed by atoms with E-state index in [-0.39, 0.29) is 0 Å². The number of carbonyl (C=O) groups is 1. The molecular formula is C11H10N2O2S. The first-order valence-corrected chi connectivity index (χ1v) is 5.72. The smallest absolute Gasteiger partial charge is 0.187 e. The number of rotatable bonds is 4. The van der Waals surface area contributed by atoms with Gasteiger partial charge in [0, 0.05) is 12.4 Å². The third-order valence-corrected chi connectivity index (χ3v) is 2.80. The molecular weight excluding hydrogens is 224 g/mol. The first kappa shape index (κ1) is 10.9. The fourth-order valence-corrected chi connectivity index (χ4v) is 1.81. The van der Waals surface area contributed by atoms with Crippen molar-refractivity contribution in [2.75, 3.05) is 0 Å². The van der Waals surface area contributed by atoms with Crippen molar-refractivity contribution in [3.63, 3.8) is 0 Å². The minimum absolute atomic E-state index is 0.348. The molecule has 0 spiro atoms. The van der Waals surface area contributed by atoms with Crippen LogP contribution in [0.1, 0.15) is 21.9 Å². The maximum absolute atomic E-state index is 10.4. The van der Waals surface area contributed by atoms with Crippen molar-refractivity contribution in [2.24, 2.45) is 0 Å². The molecule has 0 aliphatic carbocycles. The molecule has 0 aliphatic heterocycles. The molecule has 2 rings (SSSR count). The lowest BCUT2D eigenvalue weighted by Crippen LogP contribution is -1.87. The first-order valence-electron chi connectivity index (χ1n) is 4.73. The Morgan fingerprint density at radius 3 is 2.75 bits per heavy atom. The molecule has 82 valence electrons. The molecule has 0 saturated carbocycles. The van der Waals surface area contributed by atoms with Gasteiger partial charge >= 0.3 is 0 Å². The minimum Gasteiger partial charge on any atom is -0.457 e. The second-order valence-corrected chi connectivity index (χ2v) is 4.20. The van der Waals surface area contributed by atoms with Crippen molar-refractivity contribution in [3.05, 3.63) is 41.6 Å². The van der Waals surface area contributed by atoms with Crippen molar-refractivity contribution in [2.45, 2.75) is 17.8 Å². The van der Waals surface area contributed by atoms with Gasteiger partial charge in [-0.1, -0.05) is 11.8 Å². The third kappa shape index (κ3) is 2.70. The van der Waals surface area contributed by atoms with Gasteiger partial charge in [-0.3, -0.25) is 4.79 Å². The summed E-state index contributed by atoms with van der Waals surface area (Å²) in [5.41, 5.74) is 1.03. The highest BCUT2D eigenvalue weighted by Gasteiger charge is 2.03. The quantitative estimate of drug-likeness (QED) is 0.462. The van der Waals surface area contributed by atoms with Crippen molar-refractivity contribution in [3.8, 4) is 0 Å². The van der Waals surface area contributed by atoms with E-state index in [9.17, 15) is 4.79 Å². The Labute approximate surface area is 97.1 Å². The van der Waals surface area contributed by atoms with E-state index >= 15 is 0 Å². The van der Waals surface area contributed by atoms with Gasteiger partial charge in [0.25, 0.3) is 0 Å². The summed E-state index contributed by atoms with van der Waals surface area (Å²) >= 11 is 1.47. The normalized spacial score (nSPS) is 10.3. The summed E-state index contributed by atoms with van der Waals surface area (Å²) in [6, 6.07) is 3.43. The number of thioether (sulfide) groups is 1. The lowest BCUT2D eigenvalue weighted by atomic mass is 10.4. The summed E-state index contributed by atoms with van der Waals surface area (Å²) in [6.07, 6.45) is 4.24. The molecule has 0 radical (unpaired) electrons. The third-order valence-electron chi connectivity index (χ3n) is 1.90. The van der Waals surface area contributed by atoms with Crippen LogP contribution in [-0.2, 0) is 5.75 Å². The highest BCUT2D eigenvalue weighted by molar-refractivity contribution is 7.98. The molecule has 5 heteroatoms. The Morgan fingerprint density at radius 2 is 2.12 bits per heavy atom. The average molecular weight is 234 g/mol. The van der Waals surface area contributed by atoms with Crippen molar-refractivity contribution < 1.29 is 9.21 Å². The molecule has 2 aromatic rings. The molecule has 4 nitrogen and oxygen atoms in total. The second kappa shape index (κ2) is 4.94. The molecule has 0 N–H and O–H groups in total. The van der Waals surface area contributed by atoms with Gasteiger partial charge in [0.1, 0.15) is 5.76 Å². The van der Waals surface area contributed by atoms with Gasteiger partial charge in [-0.15, -0.1) is 0 Å². The van der Waals surface area contributed by atoms with E-state index < -0.39 is 0 Å². The van der Waals surface area contributed by atoms with Crippen LogP contribution < -0.4 is 0 Å². The van der Waals surface area contributed by atoms with Gasteiger partial charge in [0.2, 0.25) is 0 Å². The Kier molecular flexibility index (Phi) is 3.36. The zero-order valence-electron chi connectivity index (χ0n) is 8.71. The molecule has 0 atom stereocenters. The lowest BCUT2D eigenvalue weighted by molar-refractivity contribution is 0.109. The number of aryl methyl sites for hydroxylation is 1. The minimum atomic E-state index is 0.348. The molecule has 0 bridgehead atoms. The van der Waals surface area contributed by atoms with Crippen molar-refractivity contribution >= 4 is 18.0 Å². The fourth-order valence-electron chi connectivity index (χ4n) is 1.13. The Morgan fingerprint density at radius 1 is 1.38 bits per heavy atom. The molecule has 0 unspecified atom stereocenters. The van der Waals surface area contributed by atoms with Crippen LogP contribution in [0, 0.1) is 6.92 Å². The topological polar surface area (TPSA) is 56.0 Å². The lowest BCUT2D eigenvalue weighted by Gasteiger charge is -1.97. The van der Waals surface area contributed by atoms with Gasteiger partial charge in [0.05, 0.1) is 5.75 Å². The summed E-state index contributed by atoms with van der Waals surface area (Å²) in [6.45, 7) is 1.94. The molecule has 2 aromatic heterocycles. The first-order chi connectivity index (χ1) is 7.78. The van der Waals surface area contributed by atoms with Crippen molar-refractivity contribution in [1.82, 2.24) is 9.97 Å². The number of hydrogen-bond donors (Lipinski definition) is 0. The highest BCUT2D eigenvalue weighted by atomic mass is 32.2. The van der Waals surface area contributed by atoms with Crippen LogP contribution >= 0.6 is 11.8 Å². The number of nitrogens with zero attached hydrogens (tertiary/aromatic N) is 2. The van der Waals surface area contributed by atoms with E-state index in [1.807, 2.05) is 6.92 Å². The van der Waals surface area contributed by atoms with Crippen LogP contribution in [0.5, 0.6) is 0 Å². The van der Waals surface area contributed by atoms with E-state index in [1.54, 1.807) is 24.5 Å². The Hall–Kier alpha value is -1.62. The van der Waals surface area contributed by atoms with Crippen molar-refractivity contribution in [1.29, 1.82) is 0 Å². The predicted octanol–water partition coefficient (Wildman–Crippen LogP) is 2.48. The van der Waals surface area contributed by atoms with Crippen LogP contribution in [0.15, 0.2) is 34.1 Å². The maximum Gasteiger partial charge on any atom is 0.187 e. The number of carbonyl (C=O) groups excluding carboxylic acids is 1. The maximum atomic E-state index is 10.4. The van der Waals surface area contributed by atoms with Crippen LogP contribution in [-0.4, -0.2) is 16.3 Å². The van der Waals surface area contributed by atoms with Crippen LogP contribution in [0.4, 0.5) is 0 Å². The summed E-state index contributed by atoms with van der Waals surface area (Å²) in [7, 11) is 0. The standard InChI is InChI=1S/C11H10N2O2S/c1-8-4-12-11(13-5-8)16-7-10-3-2-9(6-14)15-10/h2-6H,7H2,1H3. The Bertz CT molecular complexity index is 479. The average Bonchev–Trinajstić information content (AvgIpc) is 2.76.